The standard InChI is InChI=1S/C14H25NO2/c1-10(13(16)17)11-8-15(9-11)12-5-4-6-14(2,3)7-12/h10-12H,4-9H2,1-3H3,(H,16,17). The summed E-state index contributed by atoms with van der Waals surface area (Å²) in [5.41, 5.74) is 0.479. The van der Waals surface area contributed by atoms with E-state index in [0.717, 1.165) is 13.1 Å². The highest BCUT2D eigenvalue weighted by molar-refractivity contribution is 5.70. The number of carboxylic acids is 1. The van der Waals surface area contributed by atoms with Crippen LogP contribution in [0.2, 0.25) is 0 Å². The fourth-order valence-electron chi connectivity index (χ4n) is 3.33. The molecular weight excluding hydrogens is 214 g/mol. The molecule has 17 heavy (non-hydrogen) atoms. The van der Waals surface area contributed by atoms with Gasteiger partial charge in [-0.1, -0.05) is 27.2 Å². The number of nitrogens with zero attached hydrogens (tertiary/aromatic N) is 1. The minimum absolute atomic E-state index is 0.178. The predicted molar refractivity (Wildman–Crippen MR) is 67.9 cm³/mol. The molecule has 2 fully saturated rings. The van der Waals surface area contributed by atoms with Gasteiger partial charge in [0, 0.05) is 19.1 Å². The van der Waals surface area contributed by atoms with E-state index in [0.29, 0.717) is 17.4 Å². The molecule has 0 aromatic heterocycles. The lowest BCUT2D eigenvalue weighted by molar-refractivity contribution is -0.146. The molecule has 3 heteroatoms. The quantitative estimate of drug-likeness (QED) is 0.823. The molecule has 2 rings (SSSR count). The monoisotopic (exact) mass is 239 g/mol. The van der Waals surface area contributed by atoms with Gasteiger partial charge >= 0.3 is 5.97 Å². The summed E-state index contributed by atoms with van der Waals surface area (Å²) in [7, 11) is 0. The van der Waals surface area contributed by atoms with Gasteiger partial charge in [0.2, 0.25) is 0 Å². The largest absolute Gasteiger partial charge is 0.481 e. The number of carbonyl (C=O) groups is 1. The van der Waals surface area contributed by atoms with Gasteiger partial charge in [-0.05, 0) is 30.6 Å². The number of hydrogen-bond acceptors (Lipinski definition) is 2. The minimum atomic E-state index is -0.640. The molecule has 3 nitrogen and oxygen atoms in total. The number of aliphatic carboxylic acids is 1. The van der Waals surface area contributed by atoms with E-state index in [-0.39, 0.29) is 5.92 Å². The van der Waals surface area contributed by atoms with Gasteiger partial charge in [0.25, 0.3) is 0 Å². The van der Waals surface area contributed by atoms with Gasteiger partial charge in [0.15, 0.2) is 0 Å². The second kappa shape index (κ2) is 4.60. The molecule has 1 aliphatic heterocycles. The second-order valence-electron chi connectivity index (χ2n) is 6.76. The molecule has 0 amide bonds. The third-order valence-corrected chi connectivity index (χ3v) is 4.73. The minimum Gasteiger partial charge on any atom is -0.481 e. The van der Waals surface area contributed by atoms with Crippen LogP contribution in [-0.4, -0.2) is 35.1 Å². The van der Waals surface area contributed by atoms with E-state index in [1.54, 1.807) is 0 Å². The Morgan fingerprint density at radius 1 is 1.41 bits per heavy atom. The van der Waals surface area contributed by atoms with Crippen molar-refractivity contribution in [2.24, 2.45) is 17.3 Å². The maximum absolute atomic E-state index is 10.9. The van der Waals surface area contributed by atoms with Gasteiger partial charge in [-0.3, -0.25) is 9.69 Å². The smallest absolute Gasteiger partial charge is 0.306 e. The fourth-order valence-corrected chi connectivity index (χ4v) is 3.33. The van der Waals surface area contributed by atoms with Crippen LogP contribution in [0.5, 0.6) is 0 Å². The van der Waals surface area contributed by atoms with Crippen molar-refractivity contribution >= 4 is 5.97 Å². The summed E-state index contributed by atoms with van der Waals surface area (Å²) in [6, 6.07) is 0.705. The van der Waals surface area contributed by atoms with Crippen LogP contribution in [0.25, 0.3) is 0 Å². The van der Waals surface area contributed by atoms with E-state index < -0.39 is 5.97 Å². The molecular formula is C14H25NO2. The zero-order valence-corrected chi connectivity index (χ0v) is 11.3. The summed E-state index contributed by atoms with van der Waals surface area (Å²) in [5.74, 6) is -0.445. The highest BCUT2D eigenvalue weighted by atomic mass is 16.4. The lowest BCUT2D eigenvalue weighted by atomic mass is 9.73. The predicted octanol–water partition coefficient (Wildman–Crippen LogP) is 2.61. The van der Waals surface area contributed by atoms with E-state index in [9.17, 15) is 4.79 Å². The third kappa shape index (κ3) is 2.82. The highest BCUT2D eigenvalue weighted by Gasteiger charge is 2.40. The SMILES string of the molecule is CC(C(=O)O)C1CN(C2CCCC(C)(C)C2)C1. The molecule has 0 bridgehead atoms. The summed E-state index contributed by atoms with van der Waals surface area (Å²) in [6.45, 7) is 8.55. The summed E-state index contributed by atoms with van der Waals surface area (Å²) in [4.78, 5) is 13.4. The van der Waals surface area contributed by atoms with Gasteiger partial charge in [0.05, 0.1) is 5.92 Å². The van der Waals surface area contributed by atoms with E-state index in [4.69, 9.17) is 5.11 Å². The van der Waals surface area contributed by atoms with Gasteiger partial charge in [-0.2, -0.15) is 0 Å². The number of hydrogen-bond donors (Lipinski definition) is 1. The molecule has 1 saturated carbocycles. The van der Waals surface area contributed by atoms with Gasteiger partial charge in [0.1, 0.15) is 0 Å². The van der Waals surface area contributed by atoms with Crippen molar-refractivity contribution in [3.63, 3.8) is 0 Å². The van der Waals surface area contributed by atoms with Crippen LogP contribution in [0.15, 0.2) is 0 Å². The van der Waals surface area contributed by atoms with Crippen LogP contribution in [0.4, 0.5) is 0 Å². The van der Waals surface area contributed by atoms with E-state index in [2.05, 4.69) is 18.7 Å². The first-order valence-corrected chi connectivity index (χ1v) is 6.86. The van der Waals surface area contributed by atoms with Crippen LogP contribution in [-0.2, 0) is 4.79 Å². The molecule has 1 aliphatic carbocycles. The lowest BCUT2D eigenvalue weighted by Crippen LogP contribution is -2.56. The molecule has 2 aliphatic rings. The zero-order chi connectivity index (χ0) is 12.6. The van der Waals surface area contributed by atoms with E-state index >= 15 is 0 Å². The Hall–Kier alpha value is -0.570. The zero-order valence-electron chi connectivity index (χ0n) is 11.3. The molecule has 0 aromatic rings. The topological polar surface area (TPSA) is 40.5 Å². The van der Waals surface area contributed by atoms with E-state index in [1.165, 1.54) is 25.7 Å². The molecule has 98 valence electrons. The van der Waals surface area contributed by atoms with Crippen molar-refractivity contribution in [2.45, 2.75) is 52.5 Å². The van der Waals surface area contributed by atoms with Crippen molar-refractivity contribution in [1.29, 1.82) is 0 Å². The average molecular weight is 239 g/mol. The fraction of sp³-hybridized carbons (Fsp3) is 0.929. The summed E-state index contributed by atoms with van der Waals surface area (Å²) >= 11 is 0. The van der Waals surface area contributed by atoms with Gasteiger partial charge in [-0.15, -0.1) is 0 Å². The van der Waals surface area contributed by atoms with Crippen LogP contribution in [0.3, 0.4) is 0 Å². The number of likely N-dealkylation sites (tertiary alicyclic amines) is 1. The van der Waals surface area contributed by atoms with Crippen molar-refractivity contribution in [3.8, 4) is 0 Å². The molecule has 2 unspecified atom stereocenters. The Morgan fingerprint density at radius 3 is 2.59 bits per heavy atom. The Kier molecular flexibility index (Phi) is 3.48. The maximum atomic E-state index is 10.9. The van der Waals surface area contributed by atoms with Gasteiger partial charge < -0.3 is 5.11 Å². The molecule has 0 radical (unpaired) electrons. The normalized spacial score (nSPS) is 31.8. The third-order valence-electron chi connectivity index (χ3n) is 4.73. The maximum Gasteiger partial charge on any atom is 0.306 e. The average Bonchev–Trinajstić information content (AvgIpc) is 2.13. The molecule has 2 atom stereocenters. The Bertz CT molecular complexity index is 295. The Balaban J connectivity index is 1.81. The second-order valence-corrected chi connectivity index (χ2v) is 6.76. The van der Waals surface area contributed by atoms with Crippen molar-refractivity contribution in [3.05, 3.63) is 0 Å². The van der Waals surface area contributed by atoms with Crippen molar-refractivity contribution in [1.82, 2.24) is 4.90 Å². The van der Waals surface area contributed by atoms with Crippen molar-refractivity contribution in [2.75, 3.05) is 13.1 Å². The molecule has 1 heterocycles. The first kappa shape index (κ1) is 12.9. The number of rotatable bonds is 3. The van der Waals surface area contributed by atoms with E-state index in [1.807, 2.05) is 6.92 Å². The Morgan fingerprint density at radius 2 is 2.06 bits per heavy atom. The first-order chi connectivity index (χ1) is 7.89. The molecule has 1 N–H and O–H groups in total. The summed E-state index contributed by atoms with van der Waals surface area (Å²) < 4.78 is 0. The summed E-state index contributed by atoms with van der Waals surface area (Å²) in [5, 5.41) is 8.98. The molecule has 1 saturated heterocycles. The van der Waals surface area contributed by atoms with Gasteiger partial charge in [-0.25, -0.2) is 0 Å². The van der Waals surface area contributed by atoms with Crippen LogP contribution in [0, 0.1) is 17.3 Å². The highest BCUT2D eigenvalue weighted by Crippen LogP contribution is 2.40. The summed E-state index contributed by atoms with van der Waals surface area (Å²) in [6.07, 6.45) is 5.25. The lowest BCUT2D eigenvalue weighted by Gasteiger charge is -2.49. The number of carboxylic acid groups (broad SMARTS) is 1. The first-order valence-electron chi connectivity index (χ1n) is 6.86. The Labute approximate surface area is 104 Å². The van der Waals surface area contributed by atoms with Crippen molar-refractivity contribution < 1.29 is 9.90 Å². The van der Waals surface area contributed by atoms with Crippen LogP contribution < -0.4 is 0 Å². The molecule has 0 aromatic carbocycles. The van der Waals surface area contributed by atoms with Crippen LogP contribution >= 0.6 is 0 Å². The van der Waals surface area contributed by atoms with Crippen LogP contribution in [0.1, 0.15) is 46.5 Å². The molecule has 0 spiro atoms.